The summed E-state index contributed by atoms with van der Waals surface area (Å²) in [7, 11) is -3.23. The van der Waals surface area contributed by atoms with Crippen LogP contribution in [0.4, 0.5) is 5.69 Å². The first-order valence-corrected chi connectivity index (χ1v) is 7.77. The second-order valence-electron chi connectivity index (χ2n) is 4.28. The van der Waals surface area contributed by atoms with Crippen LogP contribution in [0.2, 0.25) is 5.02 Å². The van der Waals surface area contributed by atoms with Crippen LogP contribution < -0.4 is 5.73 Å². The Balaban J connectivity index is 2.64. The van der Waals surface area contributed by atoms with Crippen molar-refractivity contribution in [2.24, 2.45) is 0 Å². The minimum absolute atomic E-state index is 0.134. The van der Waals surface area contributed by atoms with E-state index in [1.54, 1.807) is 19.9 Å². The fourth-order valence-corrected chi connectivity index (χ4v) is 2.23. The lowest BCUT2D eigenvalue weighted by molar-refractivity contribution is 0.0530. The summed E-state index contributed by atoms with van der Waals surface area (Å²) in [6, 6.07) is 4.43. The summed E-state index contributed by atoms with van der Waals surface area (Å²) in [5.74, 6) is -0.893. The van der Waals surface area contributed by atoms with E-state index in [-0.39, 0.29) is 23.6 Å². The molecule has 0 aromatic heterocycles. The first-order valence-electron chi connectivity index (χ1n) is 5.68. The number of sulfone groups is 1. The molecule has 0 radical (unpaired) electrons. The van der Waals surface area contributed by atoms with Gasteiger partial charge in [0.05, 0.1) is 16.6 Å². The molecule has 0 atom stereocenters. The Bertz CT molecular complexity index is 569. The highest BCUT2D eigenvalue weighted by atomic mass is 35.5. The topological polar surface area (TPSA) is 86.5 Å². The maximum Gasteiger partial charge on any atom is 0.340 e. The maximum atomic E-state index is 11.7. The Morgan fingerprint density at radius 1 is 1.42 bits per heavy atom. The molecule has 0 unspecified atom stereocenters. The molecule has 106 valence electrons. The normalized spacial score (nSPS) is 11.6. The molecule has 0 saturated heterocycles. The highest BCUT2D eigenvalue weighted by Crippen LogP contribution is 2.18. The third-order valence-electron chi connectivity index (χ3n) is 2.55. The minimum atomic E-state index is -3.23. The lowest BCUT2D eigenvalue weighted by Crippen LogP contribution is -2.22. The molecule has 5 nitrogen and oxygen atoms in total. The van der Waals surface area contributed by atoms with Crippen molar-refractivity contribution in [3.63, 3.8) is 0 Å². The lowest BCUT2D eigenvalue weighted by Gasteiger charge is -2.09. The van der Waals surface area contributed by atoms with E-state index in [0.717, 1.165) is 0 Å². The number of hydrogen-bond acceptors (Lipinski definition) is 5. The monoisotopic (exact) mass is 305 g/mol. The maximum absolute atomic E-state index is 11.7. The van der Waals surface area contributed by atoms with E-state index in [1.165, 1.54) is 12.1 Å². The average molecular weight is 306 g/mol. The van der Waals surface area contributed by atoms with Crippen LogP contribution in [0.1, 0.15) is 24.2 Å². The number of carbonyl (C=O) groups excluding carboxylic acids is 1. The second-order valence-corrected chi connectivity index (χ2v) is 7.40. The summed E-state index contributed by atoms with van der Waals surface area (Å²) >= 11 is 5.75. The number of esters is 1. The second kappa shape index (κ2) is 6.25. The number of benzene rings is 1. The van der Waals surface area contributed by atoms with Crippen LogP contribution in [0, 0.1) is 0 Å². The molecule has 1 aromatic carbocycles. The minimum Gasteiger partial charge on any atom is -0.461 e. The highest BCUT2D eigenvalue weighted by molar-refractivity contribution is 7.91. The van der Waals surface area contributed by atoms with E-state index >= 15 is 0 Å². The fraction of sp³-hybridized carbons (Fsp3) is 0.417. The number of rotatable bonds is 5. The van der Waals surface area contributed by atoms with Gasteiger partial charge in [-0.15, -0.1) is 0 Å². The number of ether oxygens (including phenoxy) is 1. The quantitative estimate of drug-likeness (QED) is 0.663. The molecular formula is C12H16ClNO4S. The molecule has 0 aliphatic carbocycles. The number of carbonyl (C=O) groups is 1. The first kappa shape index (κ1) is 15.8. The third-order valence-corrected chi connectivity index (χ3v) is 4.96. The van der Waals surface area contributed by atoms with Gasteiger partial charge in [-0.25, -0.2) is 13.2 Å². The molecule has 1 aromatic rings. The molecule has 0 aliphatic heterocycles. The number of nitrogens with two attached hydrogens (primary N) is 1. The molecule has 0 aliphatic rings. The van der Waals surface area contributed by atoms with Gasteiger partial charge in [-0.1, -0.05) is 11.6 Å². The van der Waals surface area contributed by atoms with Crippen LogP contribution in [-0.4, -0.2) is 32.0 Å². The third kappa shape index (κ3) is 4.40. The number of anilines is 1. The van der Waals surface area contributed by atoms with Crippen LogP contribution in [-0.2, 0) is 14.6 Å². The zero-order chi connectivity index (χ0) is 14.6. The molecular weight excluding hydrogens is 290 g/mol. The molecule has 1 rings (SSSR count). The van der Waals surface area contributed by atoms with Gasteiger partial charge in [0.25, 0.3) is 0 Å². The van der Waals surface area contributed by atoms with Gasteiger partial charge in [0.15, 0.2) is 9.84 Å². The van der Waals surface area contributed by atoms with Crippen LogP contribution in [0.25, 0.3) is 0 Å². The van der Waals surface area contributed by atoms with Crippen LogP contribution in [0.3, 0.4) is 0 Å². The molecule has 7 heteroatoms. The molecule has 0 bridgehead atoms. The molecule has 0 saturated carbocycles. The smallest absolute Gasteiger partial charge is 0.340 e. The molecule has 19 heavy (non-hydrogen) atoms. The molecule has 0 fully saturated rings. The van der Waals surface area contributed by atoms with Gasteiger partial charge in [0, 0.05) is 10.7 Å². The summed E-state index contributed by atoms with van der Waals surface area (Å²) in [6.07, 6.45) is 0. The Labute approximate surface area is 117 Å². The zero-order valence-corrected chi connectivity index (χ0v) is 12.3. The summed E-state index contributed by atoms with van der Waals surface area (Å²) in [5, 5.41) is -0.140. The Kier molecular flexibility index (Phi) is 5.20. The lowest BCUT2D eigenvalue weighted by atomic mass is 10.2. The Morgan fingerprint density at radius 2 is 2.05 bits per heavy atom. The number of halogens is 1. The van der Waals surface area contributed by atoms with Gasteiger partial charge in [0.2, 0.25) is 0 Å². The summed E-state index contributed by atoms with van der Waals surface area (Å²) in [4.78, 5) is 11.7. The highest BCUT2D eigenvalue weighted by Gasteiger charge is 2.18. The fourth-order valence-electron chi connectivity index (χ4n) is 1.27. The molecule has 0 amide bonds. The van der Waals surface area contributed by atoms with E-state index in [9.17, 15) is 13.2 Å². The van der Waals surface area contributed by atoms with E-state index in [1.807, 2.05) is 0 Å². The van der Waals surface area contributed by atoms with E-state index in [0.29, 0.717) is 5.02 Å². The largest absolute Gasteiger partial charge is 0.461 e. The predicted octanol–water partition coefficient (Wildman–Crippen LogP) is 1.90. The van der Waals surface area contributed by atoms with Crippen LogP contribution in [0.15, 0.2) is 18.2 Å². The molecule has 0 heterocycles. The van der Waals surface area contributed by atoms with Crippen LogP contribution >= 0.6 is 11.6 Å². The summed E-state index contributed by atoms with van der Waals surface area (Å²) in [5.41, 5.74) is 5.99. The molecule has 0 spiro atoms. The van der Waals surface area contributed by atoms with Gasteiger partial charge in [-0.3, -0.25) is 0 Å². The van der Waals surface area contributed by atoms with Crippen molar-refractivity contribution in [1.82, 2.24) is 0 Å². The summed E-state index contributed by atoms with van der Waals surface area (Å²) in [6.45, 7) is 2.95. The SMILES string of the molecule is CC(C)S(=O)(=O)CCOC(=O)c1cc(Cl)ccc1N. The van der Waals surface area contributed by atoms with Gasteiger partial charge in [-0.2, -0.15) is 0 Å². The average Bonchev–Trinajstić information content (AvgIpc) is 2.31. The zero-order valence-electron chi connectivity index (χ0n) is 10.7. The number of nitrogen functional groups attached to an aromatic ring is 1. The van der Waals surface area contributed by atoms with Gasteiger partial charge < -0.3 is 10.5 Å². The Hall–Kier alpha value is -1.27. The van der Waals surface area contributed by atoms with E-state index in [2.05, 4.69) is 0 Å². The van der Waals surface area contributed by atoms with Crippen molar-refractivity contribution in [3.05, 3.63) is 28.8 Å². The molecule has 2 N–H and O–H groups in total. The van der Waals surface area contributed by atoms with Crippen molar-refractivity contribution in [2.45, 2.75) is 19.1 Å². The first-order chi connectivity index (χ1) is 8.74. The van der Waals surface area contributed by atoms with Gasteiger partial charge >= 0.3 is 5.97 Å². The van der Waals surface area contributed by atoms with Gasteiger partial charge in [0.1, 0.15) is 6.61 Å². The van der Waals surface area contributed by atoms with Crippen molar-refractivity contribution >= 4 is 33.1 Å². The van der Waals surface area contributed by atoms with Crippen molar-refractivity contribution in [3.8, 4) is 0 Å². The van der Waals surface area contributed by atoms with E-state index in [4.69, 9.17) is 22.1 Å². The van der Waals surface area contributed by atoms with E-state index < -0.39 is 21.1 Å². The summed E-state index contributed by atoms with van der Waals surface area (Å²) < 4.78 is 28.0. The van der Waals surface area contributed by atoms with Crippen molar-refractivity contribution in [2.75, 3.05) is 18.1 Å². The van der Waals surface area contributed by atoms with Crippen molar-refractivity contribution in [1.29, 1.82) is 0 Å². The predicted molar refractivity (Wildman–Crippen MR) is 75.1 cm³/mol. The van der Waals surface area contributed by atoms with Crippen LogP contribution in [0.5, 0.6) is 0 Å². The van der Waals surface area contributed by atoms with Gasteiger partial charge in [-0.05, 0) is 32.0 Å². The Morgan fingerprint density at radius 3 is 2.63 bits per heavy atom. The number of hydrogen-bond donors (Lipinski definition) is 1. The standard InChI is InChI=1S/C12H16ClNO4S/c1-8(2)19(16,17)6-5-18-12(15)10-7-9(13)3-4-11(10)14/h3-4,7-8H,5-6,14H2,1-2H3. The van der Waals surface area contributed by atoms with Crippen molar-refractivity contribution < 1.29 is 17.9 Å².